The van der Waals surface area contributed by atoms with Gasteiger partial charge in [0.1, 0.15) is 11.5 Å². The molecular formula is C22H24N8O. The highest BCUT2D eigenvalue weighted by Gasteiger charge is 2.32. The van der Waals surface area contributed by atoms with Crippen molar-refractivity contribution < 1.29 is 4.52 Å². The molecule has 9 nitrogen and oxygen atoms in total. The van der Waals surface area contributed by atoms with Crippen LogP contribution in [0.2, 0.25) is 0 Å². The van der Waals surface area contributed by atoms with Crippen LogP contribution in [0.15, 0.2) is 47.1 Å². The van der Waals surface area contributed by atoms with Gasteiger partial charge in [-0.05, 0) is 38.3 Å². The summed E-state index contributed by atoms with van der Waals surface area (Å²) in [6.07, 6.45) is 4.56. The highest BCUT2D eigenvalue weighted by Crippen LogP contribution is 2.36. The standard InChI is InChI=1S/C22H24N8O/c1-3-15-12-20(25-21-11-14(2)27-28-21)26-22(24-15)30-10-6-8-18(30)19-13-17(29-31-19)16-7-4-5-9-23-16/h4-5,7,9,11-13,18H,3,6,8,10H2,1-2H3,(H2,24,25,26,27,28)/t18-/m0/s1. The molecule has 9 heteroatoms. The molecule has 1 aliphatic rings. The Kier molecular flexibility index (Phi) is 5.07. The Morgan fingerprint density at radius 3 is 2.87 bits per heavy atom. The van der Waals surface area contributed by atoms with Crippen LogP contribution in [-0.2, 0) is 6.42 Å². The summed E-state index contributed by atoms with van der Waals surface area (Å²) in [6, 6.07) is 11.7. The predicted molar refractivity (Wildman–Crippen MR) is 117 cm³/mol. The molecule has 5 rings (SSSR count). The van der Waals surface area contributed by atoms with Crippen molar-refractivity contribution in [2.75, 3.05) is 16.8 Å². The molecule has 1 fully saturated rings. The Balaban J connectivity index is 1.43. The number of hydrogen-bond donors (Lipinski definition) is 2. The van der Waals surface area contributed by atoms with Gasteiger partial charge in [0.15, 0.2) is 11.6 Å². The summed E-state index contributed by atoms with van der Waals surface area (Å²) in [6.45, 7) is 4.91. The van der Waals surface area contributed by atoms with Gasteiger partial charge in [-0.2, -0.15) is 10.1 Å². The van der Waals surface area contributed by atoms with Crippen molar-refractivity contribution in [3.63, 3.8) is 0 Å². The number of aromatic amines is 1. The number of aryl methyl sites for hydroxylation is 2. The maximum Gasteiger partial charge on any atom is 0.228 e. The topological polar surface area (TPSA) is 109 Å². The van der Waals surface area contributed by atoms with Gasteiger partial charge in [-0.1, -0.05) is 18.1 Å². The minimum atomic E-state index is 0.0394. The maximum atomic E-state index is 5.72. The number of hydrogen-bond acceptors (Lipinski definition) is 8. The van der Waals surface area contributed by atoms with E-state index in [-0.39, 0.29) is 6.04 Å². The lowest BCUT2D eigenvalue weighted by Gasteiger charge is -2.23. The second-order valence-corrected chi connectivity index (χ2v) is 7.64. The SMILES string of the molecule is CCc1cc(Nc2cc(C)[nH]n2)nc(N2CCC[C@H]2c2cc(-c3ccccn3)no2)n1. The fraction of sp³-hybridized carbons (Fsp3) is 0.318. The van der Waals surface area contributed by atoms with E-state index in [2.05, 4.69) is 37.5 Å². The third kappa shape index (κ3) is 3.98. The van der Waals surface area contributed by atoms with Crippen molar-refractivity contribution in [1.82, 2.24) is 30.3 Å². The molecule has 0 unspecified atom stereocenters. The van der Waals surface area contributed by atoms with Crippen LogP contribution in [0.1, 0.15) is 43.0 Å². The summed E-state index contributed by atoms with van der Waals surface area (Å²) in [5, 5.41) is 14.7. The number of anilines is 3. The summed E-state index contributed by atoms with van der Waals surface area (Å²) < 4.78 is 5.72. The van der Waals surface area contributed by atoms with E-state index in [1.54, 1.807) is 6.20 Å². The molecular weight excluding hydrogens is 392 g/mol. The zero-order valence-corrected chi connectivity index (χ0v) is 17.5. The third-order valence-electron chi connectivity index (χ3n) is 5.39. The molecule has 0 amide bonds. The fourth-order valence-corrected chi connectivity index (χ4v) is 3.85. The molecule has 5 heterocycles. The number of H-pyrrole nitrogens is 1. The molecule has 0 saturated carbocycles. The smallest absolute Gasteiger partial charge is 0.228 e. The average Bonchev–Trinajstić information content (AvgIpc) is 3.55. The minimum absolute atomic E-state index is 0.0394. The van der Waals surface area contributed by atoms with Crippen molar-refractivity contribution in [2.24, 2.45) is 0 Å². The predicted octanol–water partition coefficient (Wildman–Crippen LogP) is 4.21. The van der Waals surface area contributed by atoms with Gasteiger partial charge in [-0.15, -0.1) is 0 Å². The van der Waals surface area contributed by atoms with Crippen molar-refractivity contribution in [2.45, 2.75) is 39.2 Å². The highest BCUT2D eigenvalue weighted by molar-refractivity contribution is 5.56. The van der Waals surface area contributed by atoms with E-state index in [0.717, 1.165) is 66.0 Å². The van der Waals surface area contributed by atoms with Gasteiger partial charge in [0.25, 0.3) is 0 Å². The third-order valence-corrected chi connectivity index (χ3v) is 5.39. The van der Waals surface area contributed by atoms with Gasteiger partial charge in [-0.3, -0.25) is 10.1 Å². The van der Waals surface area contributed by atoms with Gasteiger partial charge < -0.3 is 14.7 Å². The minimum Gasteiger partial charge on any atom is -0.358 e. The molecule has 1 atom stereocenters. The van der Waals surface area contributed by atoms with Crippen LogP contribution in [0.4, 0.5) is 17.6 Å². The average molecular weight is 416 g/mol. The Morgan fingerprint density at radius 1 is 1.16 bits per heavy atom. The molecule has 0 bridgehead atoms. The molecule has 158 valence electrons. The largest absolute Gasteiger partial charge is 0.358 e. The van der Waals surface area contributed by atoms with Gasteiger partial charge in [-0.25, -0.2) is 4.98 Å². The highest BCUT2D eigenvalue weighted by atomic mass is 16.5. The molecule has 0 aromatic carbocycles. The lowest BCUT2D eigenvalue weighted by molar-refractivity contribution is 0.362. The summed E-state index contributed by atoms with van der Waals surface area (Å²) >= 11 is 0. The Labute approximate surface area is 179 Å². The second kappa shape index (κ2) is 8.17. The molecule has 4 aromatic heterocycles. The van der Waals surface area contributed by atoms with Crippen LogP contribution in [0.25, 0.3) is 11.4 Å². The van der Waals surface area contributed by atoms with E-state index < -0.39 is 0 Å². The van der Waals surface area contributed by atoms with Crippen molar-refractivity contribution in [3.05, 3.63) is 59.7 Å². The molecule has 31 heavy (non-hydrogen) atoms. The van der Waals surface area contributed by atoms with E-state index in [4.69, 9.17) is 14.5 Å². The molecule has 0 radical (unpaired) electrons. The van der Waals surface area contributed by atoms with Gasteiger partial charge in [0.05, 0.1) is 11.7 Å². The Bertz CT molecular complexity index is 1170. The first-order chi connectivity index (χ1) is 15.2. The van der Waals surface area contributed by atoms with E-state index in [1.807, 2.05) is 43.3 Å². The molecule has 1 aliphatic heterocycles. The lowest BCUT2D eigenvalue weighted by atomic mass is 10.1. The first-order valence-electron chi connectivity index (χ1n) is 10.5. The molecule has 4 aromatic rings. The van der Waals surface area contributed by atoms with E-state index in [1.165, 1.54) is 0 Å². The zero-order valence-electron chi connectivity index (χ0n) is 17.5. The van der Waals surface area contributed by atoms with Gasteiger partial charge >= 0.3 is 0 Å². The molecule has 0 spiro atoms. The number of pyridine rings is 1. The summed E-state index contributed by atoms with van der Waals surface area (Å²) in [7, 11) is 0. The summed E-state index contributed by atoms with van der Waals surface area (Å²) in [5.74, 6) is 2.96. The van der Waals surface area contributed by atoms with Gasteiger partial charge in [0, 0.05) is 42.3 Å². The Hall–Kier alpha value is -3.75. The van der Waals surface area contributed by atoms with Crippen LogP contribution in [0.3, 0.4) is 0 Å². The van der Waals surface area contributed by atoms with Crippen LogP contribution in [0, 0.1) is 6.92 Å². The normalized spacial score (nSPS) is 16.1. The quantitative estimate of drug-likeness (QED) is 0.481. The Morgan fingerprint density at radius 2 is 2.10 bits per heavy atom. The van der Waals surface area contributed by atoms with Gasteiger partial charge in [0.2, 0.25) is 5.95 Å². The number of rotatable bonds is 6. The first-order valence-corrected chi connectivity index (χ1v) is 10.5. The number of nitrogens with one attached hydrogen (secondary N) is 2. The number of aromatic nitrogens is 6. The second-order valence-electron chi connectivity index (χ2n) is 7.64. The summed E-state index contributed by atoms with van der Waals surface area (Å²) in [5.41, 5.74) is 3.49. The van der Waals surface area contributed by atoms with E-state index in [9.17, 15) is 0 Å². The van der Waals surface area contributed by atoms with Crippen molar-refractivity contribution in [1.29, 1.82) is 0 Å². The van der Waals surface area contributed by atoms with Crippen LogP contribution in [-0.4, -0.2) is 36.9 Å². The monoisotopic (exact) mass is 416 g/mol. The van der Waals surface area contributed by atoms with E-state index in [0.29, 0.717) is 5.95 Å². The number of nitrogens with zero attached hydrogens (tertiary/aromatic N) is 6. The lowest BCUT2D eigenvalue weighted by Crippen LogP contribution is -2.25. The van der Waals surface area contributed by atoms with Crippen molar-refractivity contribution in [3.8, 4) is 11.4 Å². The molecule has 1 saturated heterocycles. The van der Waals surface area contributed by atoms with Crippen LogP contribution in [0.5, 0.6) is 0 Å². The summed E-state index contributed by atoms with van der Waals surface area (Å²) in [4.78, 5) is 16.1. The molecule has 0 aliphatic carbocycles. The van der Waals surface area contributed by atoms with Crippen molar-refractivity contribution >= 4 is 17.6 Å². The van der Waals surface area contributed by atoms with Crippen LogP contribution >= 0.6 is 0 Å². The molecule has 2 N–H and O–H groups in total. The maximum absolute atomic E-state index is 5.72. The van der Waals surface area contributed by atoms with E-state index >= 15 is 0 Å². The zero-order chi connectivity index (χ0) is 21.2. The fourth-order valence-electron chi connectivity index (χ4n) is 3.85. The first kappa shape index (κ1) is 19.2. The van der Waals surface area contributed by atoms with Crippen LogP contribution < -0.4 is 10.2 Å².